The topological polar surface area (TPSA) is 63.1 Å². The van der Waals surface area contributed by atoms with E-state index in [9.17, 15) is 18.0 Å². The van der Waals surface area contributed by atoms with Crippen LogP contribution in [0.4, 0.5) is 24.5 Å². The Balaban J connectivity index is 1.59. The van der Waals surface area contributed by atoms with Gasteiger partial charge in [-0.1, -0.05) is 6.07 Å². The number of benzene rings is 1. The van der Waals surface area contributed by atoms with E-state index in [4.69, 9.17) is 0 Å². The van der Waals surface area contributed by atoms with E-state index in [1.54, 1.807) is 24.3 Å². The number of anilines is 2. The number of hydrogen-bond acceptors (Lipinski definition) is 4. The fourth-order valence-corrected chi connectivity index (χ4v) is 3.37. The lowest BCUT2D eigenvalue weighted by Gasteiger charge is -2.18. The van der Waals surface area contributed by atoms with E-state index in [2.05, 4.69) is 20.3 Å². The lowest BCUT2D eigenvalue weighted by atomic mass is 10.2. The van der Waals surface area contributed by atoms with Gasteiger partial charge in [0.05, 0.1) is 11.8 Å². The van der Waals surface area contributed by atoms with Crippen molar-refractivity contribution in [2.24, 2.45) is 0 Å². The number of carbonyl (C=O) groups is 1. The van der Waals surface area contributed by atoms with Crippen molar-refractivity contribution in [1.82, 2.24) is 14.8 Å². The zero-order valence-electron chi connectivity index (χ0n) is 15.4. The van der Waals surface area contributed by atoms with Gasteiger partial charge in [-0.2, -0.15) is 18.3 Å². The van der Waals surface area contributed by atoms with E-state index in [-0.39, 0.29) is 5.82 Å². The molecular weight excluding hydrogens is 383 g/mol. The van der Waals surface area contributed by atoms with Gasteiger partial charge in [0, 0.05) is 30.7 Å². The van der Waals surface area contributed by atoms with Gasteiger partial charge in [-0.05, 0) is 49.2 Å². The molecule has 0 aliphatic carbocycles. The molecule has 1 aromatic carbocycles. The maximum absolute atomic E-state index is 13.7. The minimum absolute atomic E-state index is 0.0196. The van der Waals surface area contributed by atoms with Crippen LogP contribution in [0.5, 0.6) is 0 Å². The van der Waals surface area contributed by atoms with Crippen LogP contribution in [0.15, 0.2) is 54.9 Å². The molecule has 1 aliphatic rings. The summed E-state index contributed by atoms with van der Waals surface area (Å²) in [4.78, 5) is 18.7. The number of carbonyl (C=O) groups excluding carboxylic acids is 1. The highest BCUT2D eigenvalue weighted by Gasteiger charge is 2.40. The van der Waals surface area contributed by atoms with Crippen molar-refractivity contribution in [2.75, 3.05) is 23.3 Å². The van der Waals surface area contributed by atoms with Crippen LogP contribution in [0, 0.1) is 0 Å². The first-order valence-corrected chi connectivity index (χ1v) is 9.16. The van der Waals surface area contributed by atoms with E-state index in [0.717, 1.165) is 37.8 Å². The van der Waals surface area contributed by atoms with Gasteiger partial charge in [-0.15, -0.1) is 0 Å². The quantitative estimate of drug-likeness (QED) is 0.714. The third kappa shape index (κ3) is 3.94. The Kier molecular flexibility index (Phi) is 4.96. The highest BCUT2D eigenvalue weighted by molar-refractivity contribution is 6.05. The number of rotatable bonds is 4. The number of alkyl halides is 3. The lowest BCUT2D eigenvalue weighted by Crippen LogP contribution is -2.21. The molecule has 0 spiro atoms. The molecule has 0 atom stereocenters. The van der Waals surface area contributed by atoms with E-state index in [1.807, 2.05) is 12.1 Å². The zero-order valence-corrected chi connectivity index (χ0v) is 15.4. The van der Waals surface area contributed by atoms with E-state index < -0.39 is 23.3 Å². The molecule has 2 aromatic heterocycles. The molecule has 0 bridgehead atoms. The van der Waals surface area contributed by atoms with Crippen LogP contribution < -0.4 is 10.2 Å². The average Bonchev–Trinajstić information content (AvgIpc) is 3.39. The maximum Gasteiger partial charge on any atom is 0.434 e. The lowest BCUT2D eigenvalue weighted by molar-refractivity contribution is -0.143. The van der Waals surface area contributed by atoms with Crippen molar-refractivity contribution in [3.05, 3.63) is 66.1 Å². The molecule has 3 heterocycles. The van der Waals surface area contributed by atoms with Crippen molar-refractivity contribution in [3.63, 3.8) is 0 Å². The minimum atomic E-state index is -4.78. The fraction of sp³-hybridized carbons (Fsp3) is 0.250. The number of pyridine rings is 1. The molecule has 1 saturated heterocycles. The van der Waals surface area contributed by atoms with Gasteiger partial charge in [0.25, 0.3) is 5.91 Å². The van der Waals surface area contributed by atoms with Crippen molar-refractivity contribution in [3.8, 4) is 5.82 Å². The summed E-state index contributed by atoms with van der Waals surface area (Å²) >= 11 is 0. The van der Waals surface area contributed by atoms with E-state index in [0.29, 0.717) is 10.4 Å². The standard InChI is InChI=1S/C20H18F3N5O/c21-20(22,23)18-16(13-25-28(18)17-5-1-2-10-24-17)19(29)26-14-6-8-15(9-7-14)27-11-3-4-12-27/h1-2,5-10,13H,3-4,11-12H2,(H,26,29). The molecule has 1 aliphatic heterocycles. The van der Waals surface area contributed by atoms with Crippen LogP contribution >= 0.6 is 0 Å². The normalized spacial score (nSPS) is 14.2. The summed E-state index contributed by atoms with van der Waals surface area (Å²) in [6.07, 6.45) is -0.234. The number of halogens is 3. The Hall–Kier alpha value is -3.36. The zero-order chi connectivity index (χ0) is 20.4. The highest BCUT2D eigenvalue weighted by atomic mass is 19.4. The summed E-state index contributed by atoms with van der Waals surface area (Å²) in [5, 5.41) is 6.27. The summed E-state index contributed by atoms with van der Waals surface area (Å²) in [5.74, 6) is -0.901. The second-order valence-electron chi connectivity index (χ2n) is 6.70. The predicted molar refractivity (Wildman–Crippen MR) is 102 cm³/mol. The monoisotopic (exact) mass is 401 g/mol. The summed E-state index contributed by atoms with van der Waals surface area (Å²) < 4.78 is 41.7. The molecule has 9 heteroatoms. The average molecular weight is 401 g/mol. The molecule has 29 heavy (non-hydrogen) atoms. The number of nitrogens with zero attached hydrogens (tertiary/aromatic N) is 4. The van der Waals surface area contributed by atoms with Gasteiger partial charge >= 0.3 is 6.18 Å². The molecule has 1 amide bonds. The van der Waals surface area contributed by atoms with E-state index in [1.165, 1.54) is 12.3 Å². The maximum atomic E-state index is 13.7. The van der Waals surface area contributed by atoms with Crippen LogP contribution in [0.25, 0.3) is 5.82 Å². The van der Waals surface area contributed by atoms with Crippen LogP contribution in [0.1, 0.15) is 28.9 Å². The highest BCUT2D eigenvalue weighted by Crippen LogP contribution is 2.33. The van der Waals surface area contributed by atoms with Gasteiger partial charge < -0.3 is 10.2 Å². The molecule has 1 N–H and O–H groups in total. The van der Waals surface area contributed by atoms with Crippen LogP contribution in [-0.2, 0) is 6.18 Å². The molecule has 0 saturated carbocycles. The van der Waals surface area contributed by atoms with Gasteiger partial charge in [-0.25, -0.2) is 9.67 Å². The van der Waals surface area contributed by atoms with Crippen molar-refractivity contribution in [2.45, 2.75) is 19.0 Å². The summed E-state index contributed by atoms with van der Waals surface area (Å²) in [6, 6.07) is 11.6. The Morgan fingerprint density at radius 2 is 1.76 bits per heavy atom. The molecular formula is C20H18F3N5O. The van der Waals surface area contributed by atoms with Crippen LogP contribution in [0.3, 0.4) is 0 Å². The SMILES string of the molecule is O=C(Nc1ccc(N2CCCC2)cc1)c1cnn(-c2ccccn2)c1C(F)(F)F. The first-order chi connectivity index (χ1) is 13.9. The molecule has 1 fully saturated rings. The molecule has 3 aromatic rings. The van der Waals surface area contributed by atoms with Gasteiger partial charge in [-0.3, -0.25) is 4.79 Å². The molecule has 4 rings (SSSR count). The molecule has 0 unspecified atom stereocenters. The minimum Gasteiger partial charge on any atom is -0.372 e. The molecule has 150 valence electrons. The molecule has 0 radical (unpaired) electrons. The Labute approximate surface area is 165 Å². The number of amides is 1. The van der Waals surface area contributed by atoms with Crippen molar-refractivity contribution in [1.29, 1.82) is 0 Å². The van der Waals surface area contributed by atoms with Gasteiger partial charge in [0.15, 0.2) is 11.5 Å². The first kappa shape index (κ1) is 19.0. The second-order valence-corrected chi connectivity index (χ2v) is 6.70. The molecule has 6 nitrogen and oxygen atoms in total. The van der Waals surface area contributed by atoms with Crippen molar-refractivity contribution >= 4 is 17.3 Å². The smallest absolute Gasteiger partial charge is 0.372 e. The number of aromatic nitrogens is 3. The third-order valence-electron chi connectivity index (χ3n) is 4.75. The van der Waals surface area contributed by atoms with Gasteiger partial charge in [0.2, 0.25) is 0 Å². The number of hydrogen-bond donors (Lipinski definition) is 1. The first-order valence-electron chi connectivity index (χ1n) is 9.16. The van der Waals surface area contributed by atoms with E-state index >= 15 is 0 Å². The Morgan fingerprint density at radius 1 is 1.03 bits per heavy atom. The van der Waals surface area contributed by atoms with Crippen LogP contribution in [0.2, 0.25) is 0 Å². The van der Waals surface area contributed by atoms with Crippen molar-refractivity contribution < 1.29 is 18.0 Å². The third-order valence-corrected chi connectivity index (χ3v) is 4.75. The summed E-state index contributed by atoms with van der Waals surface area (Å²) in [5.41, 5.74) is -0.287. The summed E-state index contributed by atoms with van der Waals surface area (Å²) in [7, 11) is 0. The predicted octanol–water partition coefficient (Wildman–Crippen LogP) is 4.14. The second kappa shape index (κ2) is 7.57. The van der Waals surface area contributed by atoms with Gasteiger partial charge in [0.1, 0.15) is 0 Å². The van der Waals surface area contributed by atoms with Crippen LogP contribution in [-0.4, -0.2) is 33.8 Å². The summed E-state index contributed by atoms with van der Waals surface area (Å²) in [6.45, 7) is 1.96. The number of nitrogens with one attached hydrogen (secondary N) is 1. The Morgan fingerprint density at radius 3 is 2.38 bits per heavy atom. The fourth-order valence-electron chi connectivity index (χ4n) is 3.37. The largest absolute Gasteiger partial charge is 0.434 e. The Bertz CT molecular complexity index is 993.